The van der Waals surface area contributed by atoms with E-state index < -0.39 is 0 Å². The first-order chi connectivity index (χ1) is 13.8. The molecular weight excluding hydrogens is 434 g/mol. The Bertz CT molecular complexity index is 1060. The summed E-state index contributed by atoms with van der Waals surface area (Å²) in [5.41, 5.74) is 3.17. The molecule has 0 aliphatic heterocycles. The van der Waals surface area contributed by atoms with Gasteiger partial charge in [0.15, 0.2) is 11.0 Å². The summed E-state index contributed by atoms with van der Waals surface area (Å²) in [5.74, 6) is 2.35. The number of halogens is 1. The van der Waals surface area contributed by atoms with Crippen LogP contribution < -0.4 is 4.74 Å². The lowest BCUT2D eigenvalue weighted by Crippen LogP contribution is -2.00. The number of hydrogen-bond donors (Lipinski definition) is 0. The molecule has 0 aliphatic carbocycles. The predicted molar refractivity (Wildman–Crippen MR) is 117 cm³/mol. The quantitative estimate of drug-likeness (QED) is 0.337. The molecule has 0 unspecified atom stereocenters. The van der Waals surface area contributed by atoms with Crippen molar-refractivity contribution in [3.63, 3.8) is 0 Å². The standard InChI is InChI=1S/C22H18BrN3OS/c1-27-20-10-6-5-9-19(20)21-24-25-22(26(21)18-7-3-2-4-8-18)28-15-16-11-13-17(23)14-12-16/h2-14H,15H2,1H3. The summed E-state index contributed by atoms with van der Waals surface area (Å²) >= 11 is 5.14. The lowest BCUT2D eigenvalue weighted by Gasteiger charge is -2.12. The molecule has 0 fully saturated rings. The van der Waals surface area contributed by atoms with Gasteiger partial charge in [-0.1, -0.05) is 70.2 Å². The molecule has 0 spiro atoms. The Kier molecular flexibility index (Phi) is 5.78. The molecule has 1 heterocycles. The summed E-state index contributed by atoms with van der Waals surface area (Å²) in [6.07, 6.45) is 0. The van der Waals surface area contributed by atoms with Crippen molar-refractivity contribution >= 4 is 27.7 Å². The highest BCUT2D eigenvalue weighted by atomic mass is 79.9. The number of methoxy groups -OCH3 is 1. The minimum absolute atomic E-state index is 0.766. The van der Waals surface area contributed by atoms with Crippen molar-refractivity contribution in [3.05, 3.63) is 88.9 Å². The van der Waals surface area contributed by atoms with Gasteiger partial charge in [0.25, 0.3) is 0 Å². The van der Waals surface area contributed by atoms with Gasteiger partial charge < -0.3 is 4.74 Å². The first-order valence-electron chi connectivity index (χ1n) is 8.78. The van der Waals surface area contributed by atoms with Crippen LogP contribution in [0.1, 0.15) is 5.56 Å². The normalized spacial score (nSPS) is 10.8. The summed E-state index contributed by atoms with van der Waals surface area (Å²) in [6, 6.07) is 26.4. The van der Waals surface area contributed by atoms with E-state index in [1.165, 1.54) is 5.56 Å². The third-order valence-corrected chi connectivity index (χ3v) is 5.81. The van der Waals surface area contributed by atoms with E-state index in [4.69, 9.17) is 4.74 Å². The van der Waals surface area contributed by atoms with Gasteiger partial charge in [-0.15, -0.1) is 10.2 Å². The van der Waals surface area contributed by atoms with Crippen LogP contribution in [0.3, 0.4) is 0 Å². The van der Waals surface area contributed by atoms with Gasteiger partial charge in [0.05, 0.1) is 12.7 Å². The number of hydrogen-bond acceptors (Lipinski definition) is 4. The van der Waals surface area contributed by atoms with Crippen molar-refractivity contribution in [1.82, 2.24) is 14.8 Å². The highest BCUT2D eigenvalue weighted by Crippen LogP contribution is 2.34. The molecule has 4 rings (SSSR count). The molecule has 0 N–H and O–H groups in total. The molecule has 28 heavy (non-hydrogen) atoms. The first-order valence-corrected chi connectivity index (χ1v) is 10.6. The lowest BCUT2D eigenvalue weighted by molar-refractivity contribution is 0.416. The largest absolute Gasteiger partial charge is 0.496 e. The molecule has 0 atom stereocenters. The topological polar surface area (TPSA) is 39.9 Å². The van der Waals surface area contributed by atoms with Gasteiger partial charge in [-0.2, -0.15) is 0 Å². The molecule has 1 aromatic heterocycles. The minimum Gasteiger partial charge on any atom is -0.496 e. The second-order valence-corrected chi connectivity index (χ2v) is 7.95. The number of aromatic nitrogens is 3. The second-order valence-electron chi connectivity index (χ2n) is 6.09. The van der Waals surface area contributed by atoms with E-state index in [1.807, 2.05) is 42.5 Å². The van der Waals surface area contributed by atoms with Crippen LogP contribution in [0.15, 0.2) is 88.5 Å². The van der Waals surface area contributed by atoms with Crippen LogP contribution in [-0.4, -0.2) is 21.9 Å². The molecule has 3 aromatic carbocycles. The zero-order chi connectivity index (χ0) is 19.3. The highest BCUT2D eigenvalue weighted by molar-refractivity contribution is 9.10. The third-order valence-electron chi connectivity index (χ3n) is 4.28. The lowest BCUT2D eigenvalue weighted by atomic mass is 10.2. The van der Waals surface area contributed by atoms with Crippen molar-refractivity contribution in [2.75, 3.05) is 7.11 Å². The smallest absolute Gasteiger partial charge is 0.196 e. The average Bonchev–Trinajstić information content (AvgIpc) is 3.17. The van der Waals surface area contributed by atoms with E-state index in [9.17, 15) is 0 Å². The van der Waals surface area contributed by atoms with Crippen molar-refractivity contribution < 1.29 is 4.74 Å². The van der Waals surface area contributed by atoms with Crippen molar-refractivity contribution in [2.24, 2.45) is 0 Å². The van der Waals surface area contributed by atoms with E-state index in [-0.39, 0.29) is 0 Å². The summed E-state index contributed by atoms with van der Waals surface area (Å²) in [7, 11) is 1.67. The van der Waals surface area contributed by atoms with Crippen LogP contribution in [-0.2, 0) is 5.75 Å². The Hall–Kier alpha value is -2.57. The Morgan fingerprint density at radius 2 is 1.61 bits per heavy atom. The molecule has 0 amide bonds. The molecule has 140 valence electrons. The number of ether oxygens (including phenoxy) is 1. The minimum atomic E-state index is 0.766. The summed E-state index contributed by atoms with van der Waals surface area (Å²) < 4.78 is 8.71. The number of benzene rings is 3. The fourth-order valence-corrected chi connectivity index (χ4v) is 4.08. The predicted octanol–water partition coefficient (Wildman–Crippen LogP) is 6.00. The Labute approximate surface area is 176 Å². The van der Waals surface area contributed by atoms with E-state index in [0.717, 1.165) is 38.2 Å². The first kappa shape index (κ1) is 18.8. The van der Waals surface area contributed by atoms with Gasteiger partial charge in [-0.25, -0.2) is 0 Å². The zero-order valence-corrected chi connectivity index (χ0v) is 17.7. The van der Waals surface area contributed by atoms with Crippen LogP contribution in [0.5, 0.6) is 5.75 Å². The maximum absolute atomic E-state index is 5.55. The SMILES string of the molecule is COc1ccccc1-c1nnc(SCc2ccc(Br)cc2)n1-c1ccccc1. The molecule has 0 saturated carbocycles. The Morgan fingerprint density at radius 3 is 2.36 bits per heavy atom. The van der Waals surface area contributed by atoms with Crippen LogP contribution in [0.25, 0.3) is 17.1 Å². The summed E-state index contributed by atoms with van der Waals surface area (Å²) in [5, 5.41) is 9.83. The monoisotopic (exact) mass is 451 g/mol. The van der Waals surface area contributed by atoms with Crippen molar-refractivity contribution in [3.8, 4) is 22.8 Å². The van der Waals surface area contributed by atoms with Crippen LogP contribution in [0.4, 0.5) is 0 Å². The molecule has 0 aliphatic rings. The number of nitrogens with zero attached hydrogens (tertiary/aromatic N) is 3. The van der Waals surface area contributed by atoms with Crippen molar-refractivity contribution in [2.45, 2.75) is 10.9 Å². The fourth-order valence-electron chi connectivity index (χ4n) is 2.91. The van der Waals surface area contributed by atoms with Crippen LogP contribution >= 0.6 is 27.7 Å². The Balaban J connectivity index is 1.75. The fraction of sp³-hybridized carbons (Fsp3) is 0.0909. The molecule has 0 saturated heterocycles. The maximum Gasteiger partial charge on any atom is 0.196 e. The van der Waals surface area contributed by atoms with Gasteiger partial charge >= 0.3 is 0 Å². The molecular formula is C22H18BrN3OS. The molecule has 0 bridgehead atoms. The van der Waals surface area contributed by atoms with Crippen LogP contribution in [0.2, 0.25) is 0 Å². The maximum atomic E-state index is 5.55. The molecule has 4 aromatic rings. The third kappa shape index (κ3) is 3.98. The number of para-hydroxylation sites is 2. The van der Waals surface area contributed by atoms with Gasteiger partial charge in [0, 0.05) is 15.9 Å². The van der Waals surface area contributed by atoms with Gasteiger partial charge in [0.2, 0.25) is 0 Å². The number of rotatable bonds is 6. The molecule has 4 nitrogen and oxygen atoms in total. The van der Waals surface area contributed by atoms with E-state index >= 15 is 0 Å². The van der Waals surface area contributed by atoms with E-state index in [2.05, 4.69) is 67.1 Å². The van der Waals surface area contributed by atoms with Gasteiger partial charge in [-0.05, 0) is 42.0 Å². The van der Waals surface area contributed by atoms with Gasteiger partial charge in [0.1, 0.15) is 5.75 Å². The van der Waals surface area contributed by atoms with Crippen LogP contribution in [0, 0.1) is 0 Å². The van der Waals surface area contributed by atoms with Crippen molar-refractivity contribution in [1.29, 1.82) is 0 Å². The molecule has 0 radical (unpaired) electrons. The average molecular weight is 452 g/mol. The summed E-state index contributed by atoms with van der Waals surface area (Å²) in [4.78, 5) is 0. The van der Waals surface area contributed by atoms with E-state index in [0.29, 0.717) is 0 Å². The zero-order valence-electron chi connectivity index (χ0n) is 15.2. The van der Waals surface area contributed by atoms with E-state index in [1.54, 1.807) is 18.9 Å². The number of thioether (sulfide) groups is 1. The summed E-state index contributed by atoms with van der Waals surface area (Å²) in [6.45, 7) is 0. The highest BCUT2D eigenvalue weighted by Gasteiger charge is 2.18. The Morgan fingerprint density at radius 1 is 0.893 bits per heavy atom. The molecule has 6 heteroatoms. The second kappa shape index (κ2) is 8.63. The van der Waals surface area contributed by atoms with Gasteiger partial charge in [-0.3, -0.25) is 4.57 Å².